The van der Waals surface area contributed by atoms with Crippen LogP contribution in [0.25, 0.3) is 10.9 Å². The fourth-order valence-corrected chi connectivity index (χ4v) is 2.77. The number of nitrogens with zero attached hydrogens (tertiary/aromatic N) is 1. The first-order chi connectivity index (χ1) is 12.0. The van der Waals surface area contributed by atoms with Crippen molar-refractivity contribution >= 4 is 16.8 Å². The fourth-order valence-electron chi connectivity index (χ4n) is 2.77. The molecule has 25 heavy (non-hydrogen) atoms. The third-order valence-electron chi connectivity index (χ3n) is 4.05. The second-order valence-electron chi connectivity index (χ2n) is 6.15. The number of amides is 1. The van der Waals surface area contributed by atoms with Gasteiger partial charge in [0, 0.05) is 37.7 Å². The van der Waals surface area contributed by atoms with Crippen LogP contribution in [0.1, 0.15) is 32.3 Å². The molecule has 0 saturated heterocycles. The summed E-state index contributed by atoms with van der Waals surface area (Å²) < 4.78 is 12.2. The van der Waals surface area contributed by atoms with Crippen LogP contribution >= 0.6 is 0 Å². The molecule has 0 aliphatic rings. The summed E-state index contributed by atoms with van der Waals surface area (Å²) in [4.78, 5) is 24.1. The number of carbonyl (C=O) groups is 1. The molecule has 136 valence electrons. The van der Waals surface area contributed by atoms with Crippen LogP contribution in [0.5, 0.6) is 5.75 Å². The third-order valence-corrected chi connectivity index (χ3v) is 4.05. The molecule has 6 nitrogen and oxygen atoms in total. The van der Waals surface area contributed by atoms with E-state index in [1.807, 2.05) is 25.1 Å². The lowest BCUT2D eigenvalue weighted by molar-refractivity contribution is -0.123. The maximum absolute atomic E-state index is 12.4. The smallest absolute Gasteiger partial charge is 0.258 e. The van der Waals surface area contributed by atoms with Crippen molar-refractivity contribution in [2.24, 2.45) is 0 Å². The zero-order chi connectivity index (χ0) is 18.4. The molecule has 0 aliphatic heterocycles. The number of methoxy groups -OCH3 is 1. The minimum Gasteiger partial charge on any atom is -0.484 e. The Labute approximate surface area is 147 Å². The highest BCUT2D eigenvalue weighted by atomic mass is 16.5. The highest BCUT2D eigenvalue weighted by molar-refractivity contribution is 5.84. The molecule has 0 radical (unpaired) electrons. The quantitative estimate of drug-likeness (QED) is 0.745. The van der Waals surface area contributed by atoms with Crippen LogP contribution in [0.3, 0.4) is 0 Å². The summed E-state index contributed by atoms with van der Waals surface area (Å²) in [6.07, 6.45) is 0. The molecule has 0 fully saturated rings. The van der Waals surface area contributed by atoms with Gasteiger partial charge in [-0.1, -0.05) is 13.8 Å². The van der Waals surface area contributed by atoms with E-state index in [-0.39, 0.29) is 24.0 Å². The third kappa shape index (κ3) is 4.60. The van der Waals surface area contributed by atoms with Gasteiger partial charge in [-0.25, -0.2) is 0 Å². The maximum Gasteiger partial charge on any atom is 0.258 e. The lowest BCUT2D eigenvalue weighted by Crippen LogP contribution is -2.31. The molecule has 1 aromatic carbocycles. The van der Waals surface area contributed by atoms with E-state index >= 15 is 0 Å². The number of carbonyl (C=O) groups excluding carboxylic acids is 1. The van der Waals surface area contributed by atoms with E-state index in [4.69, 9.17) is 9.47 Å². The molecule has 0 aliphatic carbocycles. The van der Waals surface area contributed by atoms with Crippen molar-refractivity contribution < 1.29 is 14.3 Å². The van der Waals surface area contributed by atoms with Gasteiger partial charge in [0.25, 0.3) is 11.5 Å². The molecule has 0 atom stereocenters. The Balaban J connectivity index is 2.26. The van der Waals surface area contributed by atoms with E-state index in [1.165, 1.54) is 0 Å². The molecular weight excluding hydrogens is 320 g/mol. The highest BCUT2D eigenvalue weighted by Gasteiger charge is 2.12. The second kappa shape index (κ2) is 8.67. The number of benzene rings is 1. The molecule has 1 N–H and O–H groups in total. The Hall–Kier alpha value is -2.34. The van der Waals surface area contributed by atoms with Crippen LogP contribution in [0, 0.1) is 0 Å². The Morgan fingerprint density at radius 2 is 2.04 bits per heavy atom. The number of fused-ring (bicyclic) bond motifs is 1. The summed E-state index contributed by atoms with van der Waals surface area (Å²) in [6.45, 7) is 7.49. The van der Waals surface area contributed by atoms with Crippen molar-refractivity contribution in [2.75, 3.05) is 26.9 Å². The maximum atomic E-state index is 12.4. The molecule has 1 heterocycles. The topological polar surface area (TPSA) is 69.6 Å². The first-order valence-corrected chi connectivity index (χ1v) is 8.53. The van der Waals surface area contributed by atoms with Crippen molar-refractivity contribution in [3.05, 3.63) is 40.2 Å². The second-order valence-corrected chi connectivity index (χ2v) is 6.15. The summed E-state index contributed by atoms with van der Waals surface area (Å²) in [6, 6.07) is 7.32. The van der Waals surface area contributed by atoms with Gasteiger partial charge in [-0.05, 0) is 30.5 Å². The predicted molar refractivity (Wildman–Crippen MR) is 98.4 cm³/mol. The van der Waals surface area contributed by atoms with Crippen LogP contribution in [-0.4, -0.2) is 37.3 Å². The molecule has 2 rings (SSSR count). The number of ether oxygens (including phenoxy) is 2. The van der Waals surface area contributed by atoms with Crippen molar-refractivity contribution in [1.29, 1.82) is 0 Å². The molecule has 0 saturated carbocycles. The first kappa shape index (κ1) is 19.0. The molecule has 1 amide bonds. The lowest BCUT2D eigenvalue weighted by Gasteiger charge is -2.15. The summed E-state index contributed by atoms with van der Waals surface area (Å²) in [5.74, 6) is 0.609. The van der Waals surface area contributed by atoms with Crippen molar-refractivity contribution in [3.8, 4) is 5.75 Å². The van der Waals surface area contributed by atoms with Crippen LogP contribution in [0.15, 0.2) is 29.1 Å². The number of aromatic nitrogens is 1. The van der Waals surface area contributed by atoms with Crippen molar-refractivity contribution in [1.82, 2.24) is 9.88 Å². The van der Waals surface area contributed by atoms with Gasteiger partial charge in [-0.2, -0.15) is 0 Å². The number of hydrogen-bond donors (Lipinski definition) is 1. The molecule has 0 unspecified atom stereocenters. The van der Waals surface area contributed by atoms with Crippen LogP contribution in [0.2, 0.25) is 0 Å². The average Bonchev–Trinajstić information content (AvgIpc) is 2.59. The van der Waals surface area contributed by atoms with E-state index in [1.54, 1.807) is 17.7 Å². The minimum absolute atomic E-state index is 0.0202. The minimum atomic E-state index is -0.207. The van der Waals surface area contributed by atoms with Crippen LogP contribution < -0.4 is 15.6 Å². The normalized spacial score (nSPS) is 11.1. The summed E-state index contributed by atoms with van der Waals surface area (Å²) in [5.41, 5.74) is 1.83. The van der Waals surface area contributed by atoms with E-state index in [0.717, 1.165) is 16.5 Å². The Morgan fingerprint density at radius 3 is 2.68 bits per heavy atom. The van der Waals surface area contributed by atoms with Crippen molar-refractivity contribution in [3.63, 3.8) is 0 Å². The number of rotatable bonds is 8. The lowest BCUT2D eigenvalue weighted by atomic mass is 9.98. The zero-order valence-electron chi connectivity index (χ0n) is 15.3. The van der Waals surface area contributed by atoms with Gasteiger partial charge < -0.3 is 19.4 Å². The SMILES string of the molecule is CCn1c(=O)cc(C(C)C)c2ccc(OCC(=O)NCCOC)cc21. The average molecular weight is 346 g/mol. The Kier molecular flexibility index (Phi) is 6.58. The fraction of sp³-hybridized carbons (Fsp3) is 0.474. The number of pyridine rings is 1. The van der Waals surface area contributed by atoms with Crippen LogP contribution in [0.4, 0.5) is 0 Å². The summed E-state index contributed by atoms with van der Waals surface area (Å²) in [5, 5.41) is 3.74. The van der Waals surface area contributed by atoms with Gasteiger partial charge >= 0.3 is 0 Å². The largest absolute Gasteiger partial charge is 0.484 e. The van der Waals surface area contributed by atoms with Crippen molar-refractivity contribution in [2.45, 2.75) is 33.2 Å². The monoisotopic (exact) mass is 346 g/mol. The predicted octanol–water partition coefficient (Wildman–Crippen LogP) is 2.29. The van der Waals surface area contributed by atoms with E-state index in [2.05, 4.69) is 19.2 Å². The van der Waals surface area contributed by atoms with Gasteiger partial charge in [0.05, 0.1) is 12.1 Å². The molecule has 2 aromatic rings. The number of hydrogen-bond acceptors (Lipinski definition) is 4. The van der Waals surface area contributed by atoms with E-state index in [9.17, 15) is 9.59 Å². The molecule has 1 aromatic heterocycles. The van der Waals surface area contributed by atoms with Gasteiger partial charge in [0.2, 0.25) is 0 Å². The highest BCUT2D eigenvalue weighted by Crippen LogP contribution is 2.27. The molecular formula is C19H26N2O4. The summed E-state index contributed by atoms with van der Waals surface area (Å²) in [7, 11) is 1.58. The van der Waals surface area contributed by atoms with Gasteiger partial charge in [0.15, 0.2) is 6.61 Å². The first-order valence-electron chi connectivity index (χ1n) is 8.53. The van der Waals surface area contributed by atoms with E-state index in [0.29, 0.717) is 25.4 Å². The molecule has 0 bridgehead atoms. The molecule has 6 heteroatoms. The Morgan fingerprint density at radius 1 is 1.28 bits per heavy atom. The number of nitrogens with one attached hydrogen (secondary N) is 1. The van der Waals surface area contributed by atoms with Gasteiger partial charge in [-0.3, -0.25) is 9.59 Å². The van der Waals surface area contributed by atoms with Crippen LogP contribution in [-0.2, 0) is 16.1 Å². The van der Waals surface area contributed by atoms with Gasteiger partial charge in [0.1, 0.15) is 5.75 Å². The Bertz CT molecular complexity index is 796. The number of aryl methyl sites for hydroxylation is 1. The molecule has 0 spiro atoms. The zero-order valence-corrected chi connectivity index (χ0v) is 15.3. The summed E-state index contributed by atoms with van der Waals surface area (Å²) >= 11 is 0. The standard InChI is InChI=1S/C19H26N2O4/c1-5-21-17-10-14(25-12-18(22)20-8-9-24-4)6-7-15(17)16(13(2)3)11-19(21)23/h6-7,10-11,13H,5,8-9,12H2,1-4H3,(H,20,22). The van der Waals surface area contributed by atoms with Gasteiger partial charge in [-0.15, -0.1) is 0 Å². The van der Waals surface area contributed by atoms with E-state index < -0.39 is 0 Å².